The van der Waals surface area contributed by atoms with Crippen LogP contribution in [0.15, 0.2) is 60.7 Å². The number of hydrogen-bond acceptors (Lipinski definition) is 7. The summed E-state index contributed by atoms with van der Waals surface area (Å²) in [5.41, 5.74) is 0.845. The molecule has 0 saturated heterocycles. The zero-order chi connectivity index (χ0) is 21.8. The number of amides is 1. The smallest absolute Gasteiger partial charge is 0.407 e. The number of ether oxygens (including phenoxy) is 2. The Hall–Kier alpha value is -2.83. The van der Waals surface area contributed by atoms with E-state index in [1.165, 1.54) is 6.92 Å². The van der Waals surface area contributed by atoms with Crippen LogP contribution >= 0.6 is 7.60 Å². The van der Waals surface area contributed by atoms with Gasteiger partial charge in [0.25, 0.3) is 0 Å². The summed E-state index contributed by atoms with van der Waals surface area (Å²) in [6, 6.07) is 17.7. The molecule has 1 amide bonds. The van der Waals surface area contributed by atoms with Gasteiger partial charge in [0.05, 0.1) is 12.8 Å². The molecule has 0 heterocycles. The minimum atomic E-state index is -3.78. The molecule has 162 valence electrons. The number of nitrogens with one attached hydrogen (secondary N) is 1. The van der Waals surface area contributed by atoms with Crippen molar-refractivity contribution in [2.24, 2.45) is 0 Å². The fraction of sp³-hybridized carbons (Fsp3) is 0.333. The number of carbonyl (C=O) groups is 2. The lowest BCUT2D eigenvalue weighted by Gasteiger charge is -2.22. The van der Waals surface area contributed by atoms with Crippen LogP contribution in [-0.2, 0) is 30.0 Å². The number of benzene rings is 2. The van der Waals surface area contributed by atoms with Crippen LogP contribution in [0, 0.1) is 0 Å². The summed E-state index contributed by atoms with van der Waals surface area (Å²) in [6.45, 7) is 3.34. The van der Waals surface area contributed by atoms with Gasteiger partial charge in [0.15, 0.2) is 6.10 Å². The van der Waals surface area contributed by atoms with Crippen molar-refractivity contribution in [3.8, 4) is 5.75 Å². The molecule has 0 aliphatic carbocycles. The molecule has 9 heteroatoms. The first-order valence-electron chi connectivity index (χ1n) is 9.55. The molecule has 0 aliphatic rings. The van der Waals surface area contributed by atoms with Gasteiger partial charge in [-0.1, -0.05) is 48.5 Å². The van der Waals surface area contributed by atoms with Crippen molar-refractivity contribution >= 4 is 19.7 Å². The Bertz CT molecular complexity index is 845. The summed E-state index contributed by atoms with van der Waals surface area (Å²) in [5.74, 6) is -0.326. The molecule has 2 aromatic carbocycles. The molecule has 30 heavy (non-hydrogen) atoms. The molecule has 0 radical (unpaired) electrons. The van der Waals surface area contributed by atoms with Crippen molar-refractivity contribution in [2.45, 2.75) is 26.6 Å². The third-order valence-electron chi connectivity index (χ3n) is 3.79. The van der Waals surface area contributed by atoms with Gasteiger partial charge >= 0.3 is 19.7 Å². The van der Waals surface area contributed by atoms with Crippen LogP contribution in [0.4, 0.5) is 4.79 Å². The predicted molar refractivity (Wildman–Crippen MR) is 111 cm³/mol. The summed E-state index contributed by atoms with van der Waals surface area (Å²) >= 11 is 0. The number of rotatable bonds is 11. The topological polar surface area (TPSA) is 100 Å². The summed E-state index contributed by atoms with van der Waals surface area (Å²) in [7, 11) is -3.78. The van der Waals surface area contributed by atoms with E-state index in [1.54, 1.807) is 37.3 Å². The van der Waals surface area contributed by atoms with Crippen molar-refractivity contribution < 1.29 is 32.7 Å². The number of carbonyl (C=O) groups excluding carboxylic acids is 2. The molecule has 0 aromatic heterocycles. The van der Waals surface area contributed by atoms with E-state index < -0.39 is 25.8 Å². The summed E-state index contributed by atoms with van der Waals surface area (Å²) in [6.07, 6.45) is -1.92. The molecule has 2 rings (SSSR count). The van der Waals surface area contributed by atoms with Gasteiger partial charge in [0.1, 0.15) is 12.4 Å². The maximum atomic E-state index is 13.2. The SMILES string of the molecule is CCOC(=O)C(C)OP(=O)(CCNC(=O)OCc1ccccc1)Oc1ccccc1. The van der Waals surface area contributed by atoms with Gasteiger partial charge in [-0.15, -0.1) is 0 Å². The van der Waals surface area contributed by atoms with Gasteiger partial charge in [0, 0.05) is 6.54 Å². The Morgan fingerprint density at radius 2 is 1.63 bits per heavy atom. The first-order chi connectivity index (χ1) is 14.4. The number of hydrogen-bond donors (Lipinski definition) is 1. The molecule has 2 aromatic rings. The fourth-order valence-electron chi connectivity index (χ4n) is 2.37. The number of alkyl carbamates (subject to hydrolysis) is 1. The fourth-order valence-corrected chi connectivity index (χ4v) is 4.01. The Morgan fingerprint density at radius 1 is 1.00 bits per heavy atom. The largest absolute Gasteiger partial charge is 0.464 e. The van der Waals surface area contributed by atoms with Crippen molar-refractivity contribution in [2.75, 3.05) is 19.3 Å². The minimum Gasteiger partial charge on any atom is -0.464 e. The highest BCUT2D eigenvalue weighted by atomic mass is 31.2. The quantitative estimate of drug-likeness (QED) is 0.418. The van der Waals surface area contributed by atoms with Crippen LogP contribution < -0.4 is 9.84 Å². The summed E-state index contributed by atoms with van der Waals surface area (Å²) < 4.78 is 34.2. The Kier molecular flexibility index (Phi) is 9.38. The van der Waals surface area contributed by atoms with Gasteiger partial charge in [-0.3, -0.25) is 4.52 Å². The average Bonchev–Trinajstić information content (AvgIpc) is 2.73. The van der Waals surface area contributed by atoms with Crippen LogP contribution in [-0.4, -0.2) is 37.5 Å². The molecule has 8 nitrogen and oxygen atoms in total. The lowest BCUT2D eigenvalue weighted by atomic mass is 10.2. The number of esters is 1. The maximum Gasteiger partial charge on any atom is 0.407 e. The Labute approximate surface area is 176 Å². The van der Waals surface area contributed by atoms with Gasteiger partial charge < -0.3 is 19.3 Å². The highest BCUT2D eigenvalue weighted by Crippen LogP contribution is 2.49. The average molecular weight is 435 g/mol. The first-order valence-corrected chi connectivity index (χ1v) is 11.3. The molecular weight excluding hydrogens is 409 g/mol. The van der Waals surface area contributed by atoms with E-state index in [0.717, 1.165) is 5.56 Å². The Balaban J connectivity index is 1.92. The van der Waals surface area contributed by atoms with E-state index in [1.807, 2.05) is 30.3 Å². The predicted octanol–water partition coefficient (Wildman–Crippen LogP) is 4.15. The normalized spacial score (nSPS) is 13.5. The molecule has 0 saturated carbocycles. The molecule has 0 aliphatic heterocycles. The molecule has 2 atom stereocenters. The van der Waals surface area contributed by atoms with Gasteiger partial charge in [-0.25, -0.2) is 14.2 Å². The van der Waals surface area contributed by atoms with Crippen molar-refractivity contribution in [3.05, 3.63) is 66.2 Å². The van der Waals surface area contributed by atoms with E-state index in [9.17, 15) is 14.2 Å². The summed E-state index contributed by atoms with van der Waals surface area (Å²) in [5, 5.41) is 2.51. The van der Waals surface area contributed by atoms with E-state index in [4.69, 9.17) is 18.5 Å². The second-order valence-corrected chi connectivity index (χ2v) is 8.29. The number of para-hydroxylation sites is 1. The summed E-state index contributed by atoms with van der Waals surface area (Å²) in [4.78, 5) is 23.8. The first kappa shape index (κ1) is 23.4. The molecular formula is C21H26NO7P. The maximum absolute atomic E-state index is 13.2. The second-order valence-electron chi connectivity index (χ2n) is 6.23. The molecule has 2 unspecified atom stereocenters. The van der Waals surface area contributed by atoms with Crippen LogP contribution in [0.3, 0.4) is 0 Å². The van der Waals surface area contributed by atoms with Crippen LogP contribution in [0.5, 0.6) is 5.75 Å². The van der Waals surface area contributed by atoms with Crippen molar-refractivity contribution in [3.63, 3.8) is 0 Å². The molecule has 0 spiro atoms. The van der Waals surface area contributed by atoms with Crippen LogP contribution in [0.1, 0.15) is 19.4 Å². The Morgan fingerprint density at radius 3 is 2.27 bits per heavy atom. The van der Waals surface area contributed by atoms with Crippen LogP contribution in [0.2, 0.25) is 0 Å². The molecule has 0 bridgehead atoms. The molecule has 1 N–H and O–H groups in total. The third kappa shape index (κ3) is 8.27. The molecule has 0 fully saturated rings. The lowest BCUT2D eigenvalue weighted by Crippen LogP contribution is -2.29. The van der Waals surface area contributed by atoms with Gasteiger partial charge in [-0.05, 0) is 31.5 Å². The van der Waals surface area contributed by atoms with Crippen molar-refractivity contribution in [1.82, 2.24) is 5.32 Å². The van der Waals surface area contributed by atoms with Crippen molar-refractivity contribution in [1.29, 1.82) is 0 Å². The van der Waals surface area contributed by atoms with Gasteiger partial charge in [0.2, 0.25) is 0 Å². The highest BCUT2D eigenvalue weighted by Gasteiger charge is 2.32. The zero-order valence-corrected chi connectivity index (χ0v) is 17.9. The zero-order valence-electron chi connectivity index (χ0n) is 17.0. The van der Waals surface area contributed by atoms with E-state index in [-0.39, 0.29) is 25.9 Å². The van der Waals surface area contributed by atoms with E-state index in [0.29, 0.717) is 5.75 Å². The van der Waals surface area contributed by atoms with Gasteiger partial charge in [-0.2, -0.15) is 0 Å². The van der Waals surface area contributed by atoms with Crippen LogP contribution in [0.25, 0.3) is 0 Å². The van der Waals surface area contributed by atoms with E-state index >= 15 is 0 Å². The third-order valence-corrected chi connectivity index (χ3v) is 5.69. The minimum absolute atomic E-state index is 0.0344. The standard InChI is InChI=1S/C21H26NO7P/c1-3-26-20(23)17(2)28-30(25,29-19-12-8-5-9-13-19)15-14-22-21(24)27-16-18-10-6-4-7-11-18/h4-13,17H,3,14-16H2,1-2H3,(H,22,24). The second kappa shape index (κ2) is 12.0. The monoisotopic (exact) mass is 435 g/mol. The highest BCUT2D eigenvalue weighted by molar-refractivity contribution is 7.54. The lowest BCUT2D eigenvalue weighted by molar-refractivity contribution is -0.150. The van der Waals surface area contributed by atoms with E-state index in [2.05, 4.69) is 5.32 Å².